The molecule has 10 nitrogen and oxygen atoms in total. The van der Waals surface area contributed by atoms with E-state index in [1.54, 1.807) is 37.6 Å². The van der Waals surface area contributed by atoms with Crippen LogP contribution in [0.15, 0.2) is 35.4 Å². The summed E-state index contributed by atoms with van der Waals surface area (Å²) in [5.74, 6) is 0.172. The van der Waals surface area contributed by atoms with Gasteiger partial charge in [0.1, 0.15) is 0 Å². The lowest BCUT2D eigenvalue weighted by Crippen LogP contribution is -2.31. The highest BCUT2D eigenvalue weighted by Gasteiger charge is 2.24. The summed E-state index contributed by atoms with van der Waals surface area (Å²) in [6.07, 6.45) is 4.30. The van der Waals surface area contributed by atoms with Gasteiger partial charge in [-0.15, -0.1) is 5.10 Å². The van der Waals surface area contributed by atoms with Crippen molar-refractivity contribution in [3.63, 3.8) is 0 Å². The van der Waals surface area contributed by atoms with Crippen LogP contribution in [0.25, 0.3) is 5.65 Å². The molecule has 26 heavy (non-hydrogen) atoms. The summed E-state index contributed by atoms with van der Waals surface area (Å²) in [5.41, 5.74) is 1.75. The minimum Gasteiger partial charge on any atom is -0.370 e. The number of carbonyl (C=O) groups is 1. The van der Waals surface area contributed by atoms with Gasteiger partial charge < -0.3 is 10.2 Å². The molecule has 3 aromatic rings. The Kier molecular flexibility index (Phi) is 4.07. The number of aromatic nitrogens is 6. The Morgan fingerprint density at radius 1 is 1.38 bits per heavy atom. The van der Waals surface area contributed by atoms with Gasteiger partial charge in [-0.2, -0.15) is 5.10 Å². The number of anilines is 1. The fraction of sp³-hybridized carbons (Fsp3) is 0.375. The average molecular weight is 354 g/mol. The molecule has 134 valence electrons. The van der Waals surface area contributed by atoms with Crippen LogP contribution < -0.4 is 15.8 Å². The second-order valence-corrected chi connectivity index (χ2v) is 6.38. The van der Waals surface area contributed by atoms with Crippen molar-refractivity contribution in [3.05, 3.63) is 46.5 Å². The fourth-order valence-corrected chi connectivity index (χ4v) is 3.09. The molecule has 0 bridgehead atoms. The Morgan fingerprint density at radius 2 is 2.27 bits per heavy atom. The third-order valence-electron chi connectivity index (χ3n) is 4.62. The molecule has 0 spiro atoms. The van der Waals surface area contributed by atoms with Crippen LogP contribution in [0.5, 0.6) is 0 Å². The lowest BCUT2D eigenvalue weighted by molar-refractivity contribution is 0.0948. The molecule has 0 aromatic carbocycles. The Bertz CT molecular complexity index is 1010. The Balaban J connectivity index is 1.35. The summed E-state index contributed by atoms with van der Waals surface area (Å²) in [7, 11) is 1.63. The van der Waals surface area contributed by atoms with Crippen LogP contribution >= 0.6 is 0 Å². The molecule has 0 saturated carbocycles. The number of nitrogens with one attached hydrogen (secondary N) is 1. The number of tetrazole rings is 1. The number of pyridine rings is 1. The van der Waals surface area contributed by atoms with Crippen molar-refractivity contribution in [2.45, 2.75) is 6.42 Å². The van der Waals surface area contributed by atoms with Crippen LogP contribution in [-0.2, 0) is 7.05 Å². The standard InChI is InChI=1S/C16H18N8O2/c1-22-15(25)7-13(9-18-22)23-4-2-11(10-23)8-17-16(26)12-3-5-24-14(6-12)19-20-21-24/h3,5-7,9,11H,2,4,8,10H2,1H3,(H,17,26). The van der Waals surface area contributed by atoms with E-state index in [1.807, 2.05) is 0 Å². The molecule has 1 amide bonds. The topological polar surface area (TPSA) is 110 Å². The molecule has 1 atom stereocenters. The highest BCUT2D eigenvalue weighted by Crippen LogP contribution is 2.21. The van der Waals surface area contributed by atoms with Gasteiger partial charge in [-0.25, -0.2) is 9.20 Å². The summed E-state index contributed by atoms with van der Waals surface area (Å²) in [6.45, 7) is 2.19. The normalized spacial score (nSPS) is 17.0. The van der Waals surface area contributed by atoms with E-state index < -0.39 is 0 Å². The van der Waals surface area contributed by atoms with E-state index in [0.29, 0.717) is 23.7 Å². The summed E-state index contributed by atoms with van der Waals surface area (Å²) in [4.78, 5) is 26.2. The molecule has 1 N–H and O–H groups in total. The zero-order chi connectivity index (χ0) is 18.1. The molecular formula is C16H18N8O2. The second-order valence-electron chi connectivity index (χ2n) is 6.38. The number of amides is 1. The van der Waals surface area contributed by atoms with Crippen molar-refractivity contribution in [1.29, 1.82) is 0 Å². The van der Waals surface area contributed by atoms with Crippen LogP contribution in [0.1, 0.15) is 16.8 Å². The largest absolute Gasteiger partial charge is 0.370 e. The SMILES string of the molecule is Cn1ncc(N2CCC(CNC(=O)c3ccn4nnnc4c3)C2)cc1=O. The molecule has 0 aliphatic carbocycles. The smallest absolute Gasteiger partial charge is 0.268 e. The van der Waals surface area contributed by atoms with Crippen molar-refractivity contribution in [1.82, 2.24) is 35.1 Å². The maximum absolute atomic E-state index is 12.3. The summed E-state index contributed by atoms with van der Waals surface area (Å²) >= 11 is 0. The highest BCUT2D eigenvalue weighted by molar-refractivity contribution is 5.94. The van der Waals surface area contributed by atoms with Gasteiger partial charge in [0.15, 0.2) is 5.65 Å². The lowest BCUT2D eigenvalue weighted by Gasteiger charge is -2.18. The first kappa shape index (κ1) is 16.2. The van der Waals surface area contributed by atoms with Gasteiger partial charge in [-0.1, -0.05) is 0 Å². The third-order valence-corrected chi connectivity index (χ3v) is 4.62. The molecular weight excluding hydrogens is 336 g/mol. The van der Waals surface area contributed by atoms with Crippen molar-refractivity contribution in [2.75, 3.05) is 24.5 Å². The van der Waals surface area contributed by atoms with Gasteiger partial charge in [0, 0.05) is 44.5 Å². The number of fused-ring (bicyclic) bond motifs is 1. The number of rotatable bonds is 4. The van der Waals surface area contributed by atoms with E-state index >= 15 is 0 Å². The number of hydrogen-bond donors (Lipinski definition) is 1. The fourth-order valence-electron chi connectivity index (χ4n) is 3.09. The van der Waals surface area contributed by atoms with Crippen molar-refractivity contribution < 1.29 is 4.79 Å². The number of nitrogens with zero attached hydrogens (tertiary/aromatic N) is 7. The highest BCUT2D eigenvalue weighted by atomic mass is 16.1. The predicted molar refractivity (Wildman–Crippen MR) is 92.9 cm³/mol. The zero-order valence-corrected chi connectivity index (χ0v) is 14.2. The summed E-state index contributed by atoms with van der Waals surface area (Å²) in [5, 5.41) is 18.2. The van der Waals surface area contributed by atoms with E-state index in [-0.39, 0.29) is 11.5 Å². The van der Waals surface area contributed by atoms with Gasteiger partial charge in [-0.3, -0.25) is 9.59 Å². The first-order valence-corrected chi connectivity index (χ1v) is 8.34. The summed E-state index contributed by atoms with van der Waals surface area (Å²) in [6, 6.07) is 4.93. The molecule has 4 heterocycles. The van der Waals surface area contributed by atoms with Crippen LogP contribution in [0.2, 0.25) is 0 Å². The Labute approximate surface area is 148 Å². The molecule has 1 aliphatic heterocycles. The molecule has 10 heteroatoms. The molecule has 1 saturated heterocycles. The van der Waals surface area contributed by atoms with Gasteiger partial charge in [0.2, 0.25) is 0 Å². The van der Waals surface area contributed by atoms with E-state index in [9.17, 15) is 9.59 Å². The third kappa shape index (κ3) is 3.13. The van der Waals surface area contributed by atoms with Crippen molar-refractivity contribution >= 4 is 17.2 Å². The maximum atomic E-state index is 12.3. The van der Waals surface area contributed by atoms with Crippen molar-refractivity contribution in [2.24, 2.45) is 13.0 Å². The number of carbonyl (C=O) groups excluding carboxylic acids is 1. The molecule has 1 aliphatic rings. The molecule has 1 unspecified atom stereocenters. The molecule has 4 rings (SSSR count). The quantitative estimate of drug-likeness (QED) is 0.671. The minimum absolute atomic E-state index is 0.127. The molecule has 1 fully saturated rings. The summed E-state index contributed by atoms with van der Waals surface area (Å²) < 4.78 is 2.81. The zero-order valence-electron chi connectivity index (χ0n) is 14.2. The minimum atomic E-state index is -0.149. The Hall–Kier alpha value is -3.30. The van der Waals surface area contributed by atoms with E-state index in [1.165, 1.54) is 9.20 Å². The van der Waals surface area contributed by atoms with E-state index in [0.717, 1.165) is 25.2 Å². The number of hydrogen-bond acceptors (Lipinski definition) is 7. The predicted octanol–water partition coefficient (Wildman–Crippen LogP) is -0.526. The second kappa shape index (κ2) is 6.54. The van der Waals surface area contributed by atoms with Crippen LogP contribution in [-0.4, -0.2) is 55.4 Å². The monoisotopic (exact) mass is 354 g/mol. The van der Waals surface area contributed by atoms with Gasteiger partial charge in [0.05, 0.1) is 11.9 Å². The first-order chi connectivity index (χ1) is 12.6. The van der Waals surface area contributed by atoms with E-state index in [4.69, 9.17) is 0 Å². The lowest BCUT2D eigenvalue weighted by atomic mass is 10.1. The molecule has 0 radical (unpaired) electrons. The first-order valence-electron chi connectivity index (χ1n) is 8.34. The van der Waals surface area contributed by atoms with Crippen LogP contribution in [0, 0.1) is 5.92 Å². The van der Waals surface area contributed by atoms with E-state index in [2.05, 4.69) is 30.8 Å². The average Bonchev–Trinajstić information content (AvgIpc) is 3.30. The number of aryl methyl sites for hydroxylation is 1. The Morgan fingerprint density at radius 3 is 3.12 bits per heavy atom. The molecule has 3 aromatic heterocycles. The van der Waals surface area contributed by atoms with Crippen LogP contribution in [0.3, 0.4) is 0 Å². The van der Waals surface area contributed by atoms with Crippen LogP contribution in [0.4, 0.5) is 5.69 Å². The van der Waals surface area contributed by atoms with Gasteiger partial charge in [-0.05, 0) is 34.9 Å². The van der Waals surface area contributed by atoms with Gasteiger partial charge in [0.25, 0.3) is 11.5 Å². The maximum Gasteiger partial charge on any atom is 0.268 e. The van der Waals surface area contributed by atoms with Crippen molar-refractivity contribution in [3.8, 4) is 0 Å². The van der Waals surface area contributed by atoms with Gasteiger partial charge >= 0.3 is 0 Å².